The van der Waals surface area contributed by atoms with Gasteiger partial charge in [0.1, 0.15) is 11.9 Å². The van der Waals surface area contributed by atoms with Crippen LogP contribution in [0.25, 0.3) is 11.3 Å². The van der Waals surface area contributed by atoms with Crippen LogP contribution in [0.1, 0.15) is 24.1 Å². The highest BCUT2D eigenvalue weighted by Crippen LogP contribution is 2.41. The molecule has 1 aliphatic rings. The molecule has 0 saturated heterocycles. The van der Waals surface area contributed by atoms with E-state index in [1.807, 2.05) is 13.0 Å². The predicted octanol–water partition coefficient (Wildman–Crippen LogP) is 4.90. The Morgan fingerprint density at radius 2 is 1.89 bits per heavy atom. The zero-order valence-electron chi connectivity index (χ0n) is 18.5. The third-order valence-electron chi connectivity index (χ3n) is 5.50. The van der Waals surface area contributed by atoms with Gasteiger partial charge in [-0.15, -0.1) is 0 Å². The number of carboxylic acids is 1. The quantitative estimate of drug-likeness (QED) is 0.511. The maximum Gasteiger partial charge on any atom is 0.416 e. The summed E-state index contributed by atoms with van der Waals surface area (Å²) in [5, 5.41) is 9.03. The molecule has 0 saturated carbocycles. The van der Waals surface area contributed by atoms with Crippen molar-refractivity contribution in [1.29, 1.82) is 0 Å². The summed E-state index contributed by atoms with van der Waals surface area (Å²) in [4.78, 5) is 15.0. The van der Waals surface area contributed by atoms with E-state index in [9.17, 15) is 26.4 Å². The number of sulfonamides is 1. The van der Waals surface area contributed by atoms with Crippen LogP contribution in [0.15, 0.2) is 65.6 Å². The van der Waals surface area contributed by atoms with Crippen LogP contribution in [0.4, 0.5) is 18.9 Å². The number of nitrogens with zero attached hydrogens (tertiary/aromatic N) is 2. The van der Waals surface area contributed by atoms with Crippen LogP contribution in [-0.2, 0) is 21.0 Å². The molecule has 7 nitrogen and oxygen atoms in total. The van der Waals surface area contributed by atoms with Crippen molar-refractivity contribution >= 4 is 21.7 Å². The fourth-order valence-corrected chi connectivity index (χ4v) is 5.34. The van der Waals surface area contributed by atoms with Crippen molar-refractivity contribution in [3.05, 3.63) is 71.9 Å². The predicted molar refractivity (Wildman–Crippen MR) is 122 cm³/mol. The second-order valence-corrected chi connectivity index (χ2v) is 9.94. The minimum Gasteiger partial charge on any atom is -0.486 e. The Morgan fingerprint density at radius 3 is 2.57 bits per heavy atom. The van der Waals surface area contributed by atoms with Crippen LogP contribution in [0.5, 0.6) is 5.75 Å². The Hall–Kier alpha value is -3.60. The largest absolute Gasteiger partial charge is 0.486 e. The monoisotopic (exact) mass is 506 g/mol. The molecule has 4 rings (SSSR count). The number of pyridine rings is 1. The topological polar surface area (TPSA) is 96.8 Å². The maximum absolute atomic E-state index is 13.6. The van der Waals surface area contributed by atoms with E-state index in [-0.39, 0.29) is 30.8 Å². The molecule has 0 bridgehead atoms. The summed E-state index contributed by atoms with van der Waals surface area (Å²) in [6, 6.07) is 13.7. The molecule has 0 aliphatic carbocycles. The molecule has 1 aromatic heterocycles. The molecule has 1 N–H and O–H groups in total. The van der Waals surface area contributed by atoms with Crippen molar-refractivity contribution in [3.8, 4) is 17.0 Å². The maximum atomic E-state index is 13.6. The van der Waals surface area contributed by atoms with Gasteiger partial charge in [-0.25, -0.2) is 8.42 Å². The number of rotatable bonds is 6. The molecule has 1 aliphatic heterocycles. The molecule has 1 atom stereocenters. The van der Waals surface area contributed by atoms with Gasteiger partial charge >= 0.3 is 12.1 Å². The van der Waals surface area contributed by atoms with Gasteiger partial charge in [-0.05, 0) is 61.9 Å². The van der Waals surface area contributed by atoms with Gasteiger partial charge in [0.2, 0.25) is 0 Å². The first kappa shape index (κ1) is 24.5. The van der Waals surface area contributed by atoms with E-state index in [0.29, 0.717) is 17.3 Å². The summed E-state index contributed by atoms with van der Waals surface area (Å²) >= 11 is 0. The second-order valence-electron chi connectivity index (χ2n) is 8.08. The first-order valence-corrected chi connectivity index (χ1v) is 12.1. The minimum atomic E-state index is -4.72. The Kier molecular flexibility index (Phi) is 6.46. The lowest BCUT2D eigenvalue weighted by molar-refractivity contribution is -0.138. The lowest BCUT2D eigenvalue weighted by Gasteiger charge is -2.35. The third kappa shape index (κ3) is 5.24. The Bertz CT molecular complexity index is 1380. The van der Waals surface area contributed by atoms with E-state index in [0.717, 1.165) is 28.2 Å². The summed E-state index contributed by atoms with van der Waals surface area (Å²) < 4.78 is 73.8. The number of halogens is 3. The van der Waals surface area contributed by atoms with Crippen LogP contribution >= 0.6 is 0 Å². The number of carboxylic acid groups (broad SMARTS) is 1. The third-order valence-corrected chi connectivity index (χ3v) is 7.28. The smallest absolute Gasteiger partial charge is 0.416 e. The highest BCUT2D eigenvalue weighted by molar-refractivity contribution is 7.92. The molecular formula is C24H21F3N2O5S. The summed E-state index contributed by atoms with van der Waals surface area (Å²) in [6.07, 6.45) is -5.77. The number of hydrogen-bond donors (Lipinski definition) is 1. The van der Waals surface area contributed by atoms with E-state index in [4.69, 9.17) is 9.84 Å². The van der Waals surface area contributed by atoms with Gasteiger partial charge in [-0.1, -0.05) is 12.1 Å². The van der Waals surface area contributed by atoms with E-state index in [1.54, 1.807) is 30.3 Å². The van der Waals surface area contributed by atoms with E-state index >= 15 is 0 Å². The number of fused-ring (bicyclic) bond motifs is 1. The van der Waals surface area contributed by atoms with Gasteiger partial charge < -0.3 is 9.84 Å². The molecule has 35 heavy (non-hydrogen) atoms. The molecule has 0 spiro atoms. The Morgan fingerprint density at radius 1 is 1.14 bits per heavy atom. The van der Waals surface area contributed by atoms with Crippen LogP contribution in [-0.4, -0.2) is 37.1 Å². The number of ether oxygens (including phenoxy) is 1. The molecule has 2 heterocycles. The van der Waals surface area contributed by atoms with Crippen molar-refractivity contribution < 1.29 is 36.2 Å². The molecular weight excluding hydrogens is 485 g/mol. The second kappa shape index (κ2) is 9.21. The molecule has 11 heteroatoms. The van der Waals surface area contributed by atoms with Crippen molar-refractivity contribution in [1.82, 2.24) is 4.98 Å². The minimum absolute atomic E-state index is 0.0184. The van der Waals surface area contributed by atoms with E-state index in [1.165, 1.54) is 0 Å². The number of anilines is 1. The highest BCUT2D eigenvalue weighted by Gasteiger charge is 2.37. The molecule has 0 radical (unpaired) electrons. The van der Waals surface area contributed by atoms with Crippen molar-refractivity contribution in [2.24, 2.45) is 0 Å². The molecule has 0 unspecified atom stereocenters. The van der Waals surface area contributed by atoms with Crippen LogP contribution < -0.4 is 9.04 Å². The van der Waals surface area contributed by atoms with Crippen LogP contribution in [0.3, 0.4) is 0 Å². The number of benzene rings is 2. The SMILES string of the molecule is Cc1cccc(-c2ccc3c(c2)N(S(=O)(=O)c2cccc(C(F)(F)F)c2)C[C@H](CCC(=O)O)O3)n1. The first-order chi connectivity index (χ1) is 16.4. The normalized spacial score (nSPS) is 15.9. The zero-order chi connectivity index (χ0) is 25.4. The van der Waals surface area contributed by atoms with E-state index < -0.39 is 38.7 Å². The van der Waals surface area contributed by atoms with Gasteiger partial charge in [0.25, 0.3) is 10.0 Å². The number of aliphatic carboxylic acids is 1. The van der Waals surface area contributed by atoms with Gasteiger partial charge in [-0.3, -0.25) is 14.1 Å². The summed E-state index contributed by atoms with van der Waals surface area (Å²) in [6.45, 7) is 1.55. The standard InChI is InChI=1S/C24H21F3N2O5S/c1-15-4-2-7-20(28-15)16-8-10-22-21(12-16)29(14-18(34-22)9-11-23(30)31)35(32,33)19-6-3-5-17(13-19)24(25,26)27/h2-8,10,12-13,18H,9,11,14H2,1H3,(H,30,31)/t18-/m0/s1. The van der Waals surface area contributed by atoms with Crippen molar-refractivity contribution in [2.75, 3.05) is 10.8 Å². The fourth-order valence-electron chi connectivity index (χ4n) is 3.80. The molecule has 3 aromatic rings. The fraction of sp³-hybridized carbons (Fsp3) is 0.250. The lowest BCUT2D eigenvalue weighted by atomic mass is 10.1. The van der Waals surface area contributed by atoms with Gasteiger partial charge in [0, 0.05) is 17.7 Å². The average molecular weight is 507 g/mol. The molecule has 2 aromatic carbocycles. The summed E-state index contributed by atoms with van der Waals surface area (Å²) in [5.74, 6) is -0.897. The van der Waals surface area contributed by atoms with Gasteiger partial charge in [0.05, 0.1) is 28.4 Å². The van der Waals surface area contributed by atoms with Gasteiger partial charge in [0.15, 0.2) is 0 Å². The molecule has 0 amide bonds. The zero-order valence-corrected chi connectivity index (χ0v) is 19.3. The number of aryl methyl sites for hydroxylation is 1. The van der Waals surface area contributed by atoms with Crippen molar-refractivity contribution in [2.45, 2.75) is 36.9 Å². The lowest BCUT2D eigenvalue weighted by Crippen LogP contribution is -2.43. The number of aromatic nitrogens is 1. The molecule has 0 fully saturated rings. The average Bonchev–Trinajstić information content (AvgIpc) is 2.81. The molecule has 184 valence electrons. The number of carbonyl (C=O) groups is 1. The highest BCUT2D eigenvalue weighted by atomic mass is 32.2. The van der Waals surface area contributed by atoms with Crippen LogP contribution in [0, 0.1) is 6.92 Å². The first-order valence-electron chi connectivity index (χ1n) is 10.6. The van der Waals surface area contributed by atoms with Crippen molar-refractivity contribution in [3.63, 3.8) is 0 Å². The number of alkyl halides is 3. The van der Waals surface area contributed by atoms with Gasteiger partial charge in [-0.2, -0.15) is 13.2 Å². The number of hydrogen-bond acceptors (Lipinski definition) is 5. The Labute approximate surface area is 199 Å². The Balaban J connectivity index is 1.81. The van der Waals surface area contributed by atoms with Crippen LogP contribution in [0.2, 0.25) is 0 Å². The summed E-state index contributed by atoms with van der Waals surface area (Å²) in [5.41, 5.74) is 0.960. The van der Waals surface area contributed by atoms with E-state index in [2.05, 4.69) is 4.98 Å². The summed E-state index contributed by atoms with van der Waals surface area (Å²) in [7, 11) is -4.45.